The number of carbonyl (C=O) groups excluding carboxylic acids is 1. The first-order chi connectivity index (χ1) is 9.63. The molecule has 2 aromatic heterocycles. The molecule has 0 unspecified atom stereocenters. The summed E-state index contributed by atoms with van der Waals surface area (Å²) < 4.78 is 4.64. The van der Waals surface area contributed by atoms with E-state index in [1.165, 1.54) is 17.6 Å². The lowest BCUT2D eigenvalue weighted by molar-refractivity contribution is 0.0586. The Balaban J connectivity index is 2.13. The number of aromatic nitrogens is 2. The number of carbonyl (C=O) groups is 1. The molecule has 0 aromatic carbocycles. The molecule has 0 aliphatic heterocycles. The molecule has 2 rings (SSSR count). The van der Waals surface area contributed by atoms with Crippen LogP contribution in [0.4, 0.5) is 5.82 Å². The Bertz CT molecular complexity index is 610. The van der Waals surface area contributed by atoms with Gasteiger partial charge in [-0.05, 0) is 30.4 Å². The third-order valence-electron chi connectivity index (χ3n) is 2.87. The quantitative estimate of drug-likeness (QED) is 0.858. The molecule has 0 atom stereocenters. The molecule has 0 fully saturated rings. The Morgan fingerprint density at radius 1 is 1.45 bits per heavy atom. The van der Waals surface area contributed by atoms with Crippen molar-refractivity contribution in [1.29, 1.82) is 0 Å². The van der Waals surface area contributed by atoms with Gasteiger partial charge in [0, 0.05) is 16.6 Å². The Kier molecular flexibility index (Phi) is 4.68. The lowest BCUT2D eigenvalue weighted by atomic mass is 10.2. The van der Waals surface area contributed by atoms with Gasteiger partial charge in [-0.1, -0.05) is 6.92 Å². The summed E-state index contributed by atoms with van der Waals surface area (Å²) in [6.07, 6.45) is 1.01. The Morgan fingerprint density at radius 2 is 2.25 bits per heavy atom. The molecule has 20 heavy (non-hydrogen) atoms. The number of nitrogens with zero attached hydrogens (tertiary/aromatic N) is 2. The fourth-order valence-electron chi connectivity index (χ4n) is 1.85. The number of methoxy groups -OCH3 is 1. The standard InChI is InChI=1S/C14H17N3O2S/c1-4-10-5-6-20-11(10)8-15-12-7-9(2)16-13(17-12)14(18)19-3/h5-7H,4,8H2,1-3H3,(H,15,16,17). The van der Waals surface area contributed by atoms with Gasteiger partial charge in [-0.25, -0.2) is 14.8 Å². The second-order valence-corrected chi connectivity index (χ2v) is 5.29. The van der Waals surface area contributed by atoms with Crippen LogP contribution in [0.1, 0.15) is 33.7 Å². The van der Waals surface area contributed by atoms with E-state index in [0.717, 1.165) is 12.1 Å². The van der Waals surface area contributed by atoms with Crippen LogP contribution in [0.3, 0.4) is 0 Å². The van der Waals surface area contributed by atoms with Crippen molar-refractivity contribution in [2.45, 2.75) is 26.8 Å². The molecular formula is C14H17N3O2S. The monoisotopic (exact) mass is 291 g/mol. The van der Waals surface area contributed by atoms with Crippen LogP contribution in [0.5, 0.6) is 0 Å². The largest absolute Gasteiger partial charge is 0.463 e. The van der Waals surface area contributed by atoms with Crippen LogP contribution in [0.25, 0.3) is 0 Å². The van der Waals surface area contributed by atoms with Crippen molar-refractivity contribution in [2.75, 3.05) is 12.4 Å². The van der Waals surface area contributed by atoms with Crippen molar-refractivity contribution >= 4 is 23.1 Å². The SMILES string of the molecule is CCc1ccsc1CNc1cc(C)nc(C(=O)OC)n1. The van der Waals surface area contributed by atoms with E-state index in [4.69, 9.17) is 0 Å². The number of hydrogen-bond acceptors (Lipinski definition) is 6. The van der Waals surface area contributed by atoms with E-state index < -0.39 is 5.97 Å². The average Bonchev–Trinajstić information content (AvgIpc) is 2.91. The summed E-state index contributed by atoms with van der Waals surface area (Å²) in [5.41, 5.74) is 2.06. The van der Waals surface area contributed by atoms with E-state index in [9.17, 15) is 4.79 Å². The molecule has 0 saturated carbocycles. The Hall–Kier alpha value is -1.95. The summed E-state index contributed by atoms with van der Waals surface area (Å²) in [6, 6.07) is 3.94. The maximum Gasteiger partial charge on any atom is 0.376 e. The van der Waals surface area contributed by atoms with Gasteiger partial charge < -0.3 is 10.1 Å². The highest BCUT2D eigenvalue weighted by atomic mass is 32.1. The minimum Gasteiger partial charge on any atom is -0.463 e. The van der Waals surface area contributed by atoms with Gasteiger partial charge in [0.05, 0.1) is 13.7 Å². The zero-order chi connectivity index (χ0) is 14.5. The molecule has 2 heterocycles. The van der Waals surface area contributed by atoms with Crippen LogP contribution >= 0.6 is 11.3 Å². The number of rotatable bonds is 5. The van der Waals surface area contributed by atoms with Crippen molar-refractivity contribution < 1.29 is 9.53 Å². The predicted molar refractivity (Wildman–Crippen MR) is 79.1 cm³/mol. The van der Waals surface area contributed by atoms with E-state index >= 15 is 0 Å². The van der Waals surface area contributed by atoms with Gasteiger partial charge in [0.15, 0.2) is 0 Å². The van der Waals surface area contributed by atoms with Crippen LogP contribution in [0.2, 0.25) is 0 Å². The van der Waals surface area contributed by atoms with Crippen molar-refractivity contribution in [3.63, 3.8) is 0 Å². The van der Waals surface area contributed by atoms with Gasteiger partial charge in [-0.3, -0.25) is 0 Å². The molecule has 0 aliphatic carbocycles. The van der Waals surface area contributed by atoms with E-state index in [1.54, 1.807) is 11.3 Å². The molecular weight excluding hydrogens is 274 g/mol. The number of esters is 1. The molecule has 1 N–H and O–H groups in total. The van der Waals surface area contributed by atoms with Crippen molar-refractivity contribution in [1.82, 2.24) is 9.97 Å². The van der Waals surface area contributed by atoms with Crippen molar-refractivity contribution in [3.05, 3.63) is 39.5 Å². The van der Waals surface area contributed by atoms with Gasteiger partial charge in [-0.2, -0.15) is 0 Å². The summed E-state index contributed by atoms with van der Waals surface area (Å²) in [5.74, 6) is 0.187. The number of nitrogens with one attached hydrogen (secondary N) is 1. The van der Waals surface area contributed by atoms with Crippen molar-refractivity contribution in [2.24, 2.45) is 0 Å². The highest BCUT2D eigenvalue weighted by Crippen LogP contribution is 2.19. The molecule has 0 radical (unpaired) electrons. The van der Waals surface area contributed by atoms with E-state index in [0.29, 0.717) is 12.4 Å². The summed E-state index contributed by atoms with van der Waals surface area (Å²) in [4.78, 5) is 21.0. The first-order valence-corrected chi connectivity index (χ1v) is 7.25. The maximum atomic E-state index is 11.5. The topological polar surface area (TPSA) is 64.1 Å². The highest BCUT2D eigenvalue weighted by molar-refractivity contribution is 7.10. The summed E-state index contributed by atoms with van der Waals surface area (Å²) in [7, 11) is 1.32. The predicted octanol–water partition coefficient (Wildman–Crippen LogP) is 2.81. The number of anilines is 1. The number of hydrogen-bond donors (Lipinski definition) is 1. The molecule has 0 bridgehead atoms. The molecule has 0 aliphatic rings. The summed E-state index contributed by atoms with van der Waals surface area (Å²) in [5, 5.41) is 5.32. The molecule has 2 aromatic rings. The number of thiophene rings is 1. The minimum absolute atomic E-state index is 0.0805. The molecule has 5 nitrogen and oxygen atoms in total. The zero-order valence-corrected chi connectivity index (χ0v) is 12.6. The van der Waals surface area contributed by atoms with Crippen LogP contribution in [0.15, 0.2) is 17.5 Å². The van der Waals surface area contributed by atoms with E-state index in [2.05, 4.69) is 38.4 Å². The smallest absolute Gasteiger partial charge is 0.376 e. The Labute approximate surface area is 122 Å². The maximum absolute atomic E-state index is 11.5. The lowest BCUT2D eigenvalue weighted by Crippen LogP contribution is -2.11. The number of aryl methyl sites for hydroxylation is 2. The third-order valence-corrected chi connectivity index (χ3v) is 3.83. The van der Waals surface area contributed by atoms with Gasteiger partial charge >= 0.3 is 5.97 Å². The fraction of sp³-hybridized carbons (Fsp3) is 0.357. The molecule has 6 heteroatoms. The summed E-state index contributed by atoms with van der Waals surface area (Å²) >= 11 is 1.72. The molecule has 106 valence electrons. The second kappa shape index (κ2) is 6.47. The zero-order valence-electron chi connectivity index (χ0n) is 11.8. The normalized spacial score (nSPS) is 10.3. The number of ether oxygens (including phenoxy) is 1. The second-order valence-electron chi connectivity index (χ2n) is 4.29. The van der Waals surface area contributed by atoms with Gasteiger partial charge in [0.25, 0.3) is 0 Å². The first-order valence-electron chi connectivity index (χ1n) is 6.37. The summed E-state index contributed by atoms with van der Waals surface area (Å²) in [6.45, 7) is 4.65. The molecule has 0 saturated heterocycles. The van der Waals surface area contributed by atoms with Crippen molar-refractivity contribution in [3.8, 4) is 0 Å². The fourth-order valence-corrected chi connectivity index (χ4v) is 2.77. The lowest BCUT2D eigenvalue weighted by Gasteiger charge is -2.08. The van der Waals surface area contributed by atoms with Gasteiger partial charge in [0.1, 0.15) is 5.82 Å². The average molecular weight is 291 g/mol. The van der Waals surface area contributed by atoms with Gasteiger partial charge in [0.2, 0.25) is 5.82 Å². The first kappa shape index (κ1) is 14.5. The third kappa shape index (κ3) is 3.33. The minimum atomic E-state index is -0.526. The highest BCUT2D eigenvalue weighted by Gasteiger charge is 2.11. The molecule has 0 amide bonds. The van der Waals surface area contributed by atoms with Crippen LogP contribution in [-0.2, 0) is 17.7 Å². The Morgan fingerprint density at radius 3 is 2.95 bits per heavy atom. The van der Waals surface area contributed by atoms with E-state index in [1.807, 2.05) is 13.0 Å². The van der Waals surface area contributed by atoms with Gasteiger partial charge in [-0.15, -0.1) is 11.3 Å². The van der Waals surface area contributed by atoms with Crippen LogP contribution < -0.4 is 5.32 Å². The van der Waals surface area contributed by atoms with Crippen LogP contribution in [-0.4, -0.2) is 23.0 Å². The van der Waals surface area contributed by atoms with E-state index in [-0.39, 0.29) is 5.82 Å². The molecule has 0 spiro atoms. The van der Waals surface area contributed by atoms with Crippen LogP contribution in [0, 0.1) is 6.92 Å².